The molecule has 2 saturated heterocycles. The Bertz CT molecular complexity index is 767. The van der Waals surface area contributed by atoms with Crippen LogP contribution in [0.1, 0.15) is 16.8 Å². The summed E-state index contributed by atoms with van der Waals surface area (Å²) in [5.41, 5.74) is 0.376. The van der Waals surface area contributed by atoms with Crippen molar-refractivity contribution in [2.24, 2.45) is 0 Å². The van der Waals surface area contributed by atoms with Crippen LogP contribution in [0.5, 0.6) is 11.5 Å². The number of nitrogens with one attached hydrogen (secondary N) is 1. The molecule has 0 aliphatic carbocycles. The van der Waals surface area contributed by atoms with E-state index < -0.39 is 24.4 Å². The van der Waals surface area contributed by atoms with Gasteiger partial charge in [-0.1, -0.05) is 0 Å². The maximum Gasteiger partial charge on any atom is 0.251 e. The molecule has 0 spiro atoms. The van der Waals surface area contributed by atoms with E-state index in [0.29, 0.717) is 43.4 Å². The van der Waals surface area contributed by atoms with Gasteiger partial charge in [-0.05, 0) is 18.2 Å². The normalized spacial score (nSPS) is 28.4. The Morgan fingerprint density at radius 2 is 1.79 bits per heavy atom. The van der Waals surface area contributed by atoms with E-state index in [-0.39, 0.29) is 31.6 Å². The molecule has 1 aromatic carbocycles. The predicted octanol–water partition coefficient (Wildman–Crippen LogP) is -1.12. The molecular formula is C19H24N2O8. The Balaban J connectivity index is 1.30. The number of rotatable bonds is 5. The molecule has 4 atom stereocenters. The summed E-state index contributed by atoms with van der Waals surface area (Å²) < 4.78 is 21.4. The highest BCUT2D eigenvalue weighted by atomic mass is 16.7. The van der Waals surface area contributed by atoms with Crippen LogP contribution in [0.2, 0.25) is 0 Å². The van der Waals surface area contributed by atoms with Gasteiger partial charge in [0.1, 0.15) is 18.3 Å². The SMILES string of the molecule is O=C(NC[C@H]1O[C@@H](CC(=O)N2CCOCC2)[C@H](O)[C@@H]1O)c1ccc2c(c1)OCO2. The lowest BCUT2D eigenvalue weighted by atomic mass is 10.0. The van der Waals surface area contributed by atoms with Crippen LogP contribution < -0.4 is 14.8 Å². The maximum absolute atomic E-state index is 12.4. The first-order valence-electron chi connectivity index (χ1n) is 9.58. The Morgan fingerprint density at radius 1 is 1.07 bits per heavy atom. The van der Waals surface area contributed by atoms with Crippen molar-refractivity contribution >= 4 is 11.8 Å². The van der Waals surface area contributed by atoms with Gasteiger partial charge in [0.05, 0.1) is 25.7 Å². The molecule has 3 heterocycles. The molecule has 2 amide bonds. The summed E-state index contributed by atoms with van der Waals surface area (Å²) >= 11 is 0. The second-order valence-corrected chi connectivity index (χ2v) is 7.17. The van der Waals surface area contributed by atoms with Gasteiger partial charge in [0.2, 0.25) is 12.7 Å². The van der Waals surface area contributed by atoms with E-state index in [1.807, 2.05) is 0 Å². The van der Waals surface area contributed by atoms with E-state index >= 15 is 0 Å². The third-order valence-corrected chi connectivity index (χ3v) is 5.30. The zero-order chi connectivity index (χ0) is 20.4. The molecule has 2 fully saturated rings. The summed E-state index contributed by atoms with van der Waals surface area (Å²) in [6, 6.07) is 4.82. The van der Waals surface area contributed by atoms with Crippen molar-refractivity contribution in [1.82, 2.24) is 10.2 Å². The minimum absolute atomic E-state index is 0.00620. The molecule has 0 aromatic heterocycles. The highest BCUT2D eigenvalue weighted by Crippen LogP contribution is 2.32. The molecule has 0 radical (unpaired) electrons. The number of carbonyl (C=O) groups is 2. The number of nitrogens with zero attached hydrogens (tertiary/aromatic N) is 1. The van der Waals surface area contributed by atoms with Crippen LogP contribution in [0.15, 0.2) is 18.2 Å². The molecule has 3 aliphatic rings. The third-order valence-electron chi connectivity index (χ3n) is 5.30. The standard InChI is InChI=1S/C19H24N2O8/c22-16(21-3-5-26-6-4-21)8-14-17(23)18(24)15(29-14)9-20-19(25)11-1-2-12-13(7-11)28-10-27-12/h1-2,7,14-15,17-18,23-24H,3-6,8-10H2,(H,20,25)/t14-,15+,17-,18+/m0/s1. The molecule has 4 rings (SSSR count). The number of morpholine rings is 1. The number of amides is 2. The zero-order valence-corrected chi connectivity index (χ0v) is 15.8. The minimum atomic E-state index is -1.20. The number of ether oxygens (including phenoxy) is 4. The smallest absolute Gasteiger partial charge is 0.251 e. The Labute approximate surface area is 167 Å². The van der Waals surface area contributed by atoms with E-state index in [2.05, 4.69) is 5.32 Å². The van der Waals surface area contributed by atoms with Crippen LogP contribution in [0.3, 0.4) is 0 Å². The van der Waals surface area contributed by atoms with Crippen LogP contribution in [0, 0.1) is 0 Å². The van der Waals surface area contributed by atoms with E-state index in [1.165, 1.54) is 0 Å². The van der Waals surface area contributed by atoms with Crippen LogP contribution in [-0.2, 0) is 14.3 Å². The summed E-state index contributed by atoms with van der Waals surface area (Å²) in [5, 5.41) is 23.2. The molecule has 0 unspecified atom stereocenters. The van der Waals surface area contributed by atoms with Gasteiger partial charge in [-0.15, -0.1) is 0 Å². The van der Waals surface area contributed by atoms with Crippen molar-refractivity contribution in [3.63, 3.8) is 0 Å². The summed E-state index contributed by atoms with van der Waals surface area (Å²) in [5.74, 6) is 0.537. The third kappa shape index (κ3) is 4.30. The summed E-state index contributed by atoms with van der Waals surface area (Å²) in [7, 11) is 0. The average Bonchev–Trinajstić information content (AvgIpc) is 3.32. The molecule has 0 bridgehead atoms. The number of hydrogen-bond donors (Lipinski definition) is 3. The number of benzene rings is 1. The number of fused-ring (bicyclic) bond motifs is 1. The van der Waals surface area contributed by atoms with Gasteiger partial charge >= 0.3 is 0 Å². The van der Waals surface area contributed by atoms with Crippen molar-refractivity contribution in [3.05, 3.63) is 23.8 Å². The minimum Gasteiger partial charge on any atom is -0.454 e. The Hall–Kier alpha value is -2.40. The average molecular weight is 408 g/mol. The van der Waals surface area contributed by atoms with Crippen molar-refractivity contribution in [3.8, 4) is 11.5 Å². The van der Waals surface area contributed by atoms with Crippen molar-refractivity contribution < 1.29 is 38.7 Å². The van der Waals surface area contributed by atoms with Crippen LogP contribution >= 0.6 is 0 Å². The van der Waals surface area contributed by atoms with Gasteiger partial charge in [0.15, 0.2) is 11.5 Å². The molecule has 1 aromatic rings. The first-order chi connectivity index (χ1) is 14.0. The zero-order valence-electron chi connectivity index (χ0n) is 15.8. The molecule has 0 saturated carbocycles. The number of aliphatic hydroxyl groups is 2. The highest BCUT2D eigenvalue weighted by molar-refractivity contribution is 5.95. The Morgan fingerprint density at radius 3 is 2.59 bits per heavy atom. The molecule has 10 nitrogen and oxygen atoms in total. The predicted molar refractivity (Wildman–Crippen MR) is 97.6 cm³/mol. The molecular weight excluding hydrogens is 384 g/mol. The molecule has 10 heteroatoms. The largest absolute Gasteiger partial charge is 0.454 e. The lowest BCUT2D eigenvalue weighted by Gasteiger charge is -2.28. The summed E-state index contributed by atoms with van der Waals surface area (Å²) in [6.45, 7) is 2.07. The van der Waals surface area contributed by atoms with E-state index in [4.69, 9.17) is 18.9 Å². The molecule has 3 aliphatic heterocycles. The molecule has 29 heavy (non-hydrogen) atoms. The summed E-state index contributed by atoms with van der Waals surface area (Å²) in [4.78, 5) is 26.4. The first kappa shape index (κ1) is 19.9. The monoisotopic (exact) mass is 408 g/mol. The topological polar surface area (TPSA) is 127 Å². The maximum atomic E-state index is 12.4. The number of aliphatic hydroxyl groups excluding tert-OH is 2. The number of carbonyl (C=O) groups excluding carboxylic acids is 2. The van der Waals surface area contributed by atoms with Crippen molar-refractivity contribution in [2.45, 2.75) is 30.8 Å². The van der Waals surface area contributed by atoms with Crippen molar-refractivity contribution in [2.75, 3.05) is 39.6 Å². The fraction of sp³-hybridized carbons (Fsp3) is 0.579. The van der Waals surface area contributed by atoms with Gasteiger partial charge in [0, 0.05) is 25.2 Å². The second-order valence-electron chi connectivity index (χ2n) is 7.17. The summed E-state index contributed by atoms with van der Waals surface area (Å²) in [6.07, 6.45) is -4.08. The molecule has 158 valence electrons. The van der Waals surface area contributed by atoms with Gasteiger partial charge < -0.3 is 39.4 Å². The first-order valence-corrected chi connectivity index (χ1v) is 9.58. The fourth-order valence-electron chi connectivity index (χ4n) is 3.61. The lowest BCUT2D eigenvalue weighted by Crippen LogP contribution is -2.43. The van der Waals surface area contributed by atoms with Crippen LogP contribution in [0.25, 0.3) is 0 Å². The lowest BCUT2D eigenvalue weighted by molar-refractivity contribution is -0.139. The van der Waals surface area contributed by atoms with E-state index in [9.17, 15) is 19.8 Å². The van der Waals surface area contributed by atoms with Crippen LogP contribution in [0.4, 0.5) is 0 Å². The van der Waals surface area contributed by atoms with Gasteiger partial charge in [-0.2, -0.15) is 0 Å². The van der Waals surface area contributed by atoms with Crippen molar-refractivity contribution in [1.29, 1.82) is 0 Å². The fourth-order valence-corrected chi connectivity index (χ4v) is 3.61. The van der Waals surface area contributed by atoms with Gasteiger partial charge in [-0.3, -0.25) is 9.59 Å². The second kappa shape index (κ2) is 8.54. The Kier molecular flexibility index (Phi) is 5.86. The molecule has 3 N–H and O–H groups in total. The quantitative estimate of drug-likeness (QED) is 0.560. The van der Waals surface area contributed by atoms with Gasteiger partial charge in [0.25, 0.3) is 5.91 Å². The highest BCUT2D eigenvalue weighted by Gasteiger charge is 2.43. The van der Waals surface area contributed by atoms with Gasteiger partial charge in [-0.25, -0.2) is 0 Å². The van der Waals surface area contributed by atoms with E-state index in [1.54, 1.807) is 23.1 Å². The van der Waals surface area contributed by atoms with Crippen LogP contribution in [-0.4, -0.2) is 91.0 Å². The number of hydrogen-bond acceptors (Lipinski definition) is 8. The van der Waals surface area contributed by atoms with E-state index in [0.717, 1.165) is 0 Å².